The molecular formula is C64H43NO. The van der Waals surface area contributed by atoms with Crippen LogP contribution in [0.25, 0.3) is 44.3 Å². The molecule has 2 heteroatoms. The first kappa shape index (κ1) is 38.0. The van der Waals surface area contributed by atoms with E-state index in [1.165, 1.54) is 66.8 Å². The van der Waals surface area contributed by atoms with E-state index < -0.39 is 10.8 Å². The Morgan fingerprint density at radius 2 is 0.727 bits per heavy atom. The molecule has 66 heavy (non-hydrogen) atoms. The van der Waals surface area contributed by atoms with Gasteiger partial charge in [-0.2, -0.15) is 0 Å². The van der Waals surface area contributed by atoms with Crippen LogP contribution in [0.2, 0.25) is 0 Å². The smallest absolute Gasteiger partial charge is 0.134 e. The SMILES string of the molecule is c1ccc(C2(c3ccccc3)c3ccccc3-c3c(N(c4ccc(-c5ccc6ccoc6c5)cc4)c4cccc5c4-c4ccccc4C5(c4ccccc4)c4ccccc4)cccc32)cc1. The zero-order valence-corrected chi connectivity index (χ0v) is 36.2. The first-order valence-corrected chi connectivity index (χ1v) is 22.8. The van der Waals surface area contributed by atoms with Gasteiger partial charge in [-0.3, -0.25) is 0 Å². The summed E-state index contributed by atoms with van der Waals surface area (Å²) in [6, 6.07) is 94.0. The van der Waals surface area contributed by atoms with Gasteiger partial charge in [-0.1, -0.05) is 218 Å². The second-order valence-corrected chi connectivity index (χ2v) is 17.5. The molecule has 310 valence electrons. The van der Waals surface area contributed by atoms with Crippen LogP contribution in [0.4, 0.5) is 17.1 Å². The monoisotopic (exact) mass is 841 g/mol. The molecule has 0 radical (unpaired) electrons. The van der Waals surface area contributed by atoms with Crippen molar-refractivity contribution in [3.05, 3.63) is 306 Å². The van der Waals surface area contributed by atoms with Crippen molar-refractivity contribution >= 4 is 28.0 Å². The highest BCUT2D eigenvalue weighted by Gasteiger charge is 2.49. The van der Waals surface area contributed by atoms with E-state index in [9.17, 15) is 0 Å². The van der Waals surface area contributed by atoms with Gasteiger partial charge in [0, 0.05) is 22.2 Å². The van der Waals surface area contributed by atoms with Gasteiger partial charge in [0.2, 0.25) is 0 Å². The second-order valence-electron chi connectivity index (χ2n) is 17.5. The summed E-state index contributed by atoms with van der Waals surface area (Å²) in [6.45, 7) is 0. The van der Waals surface area contributed by atoms with E-state index in [0.717, 1.165) is 39.2 Å². The maximum atomic E-state index is 5.85. The van der Waals surface area contributed by atoms with E-state index in [2.05, 4.69) is 254 Å². The van der Waals surface area contributed by atoms with Crippen molar-refractivity contribution in [2.45, 2.75) is 10.8 Å². The van der Waals surface area contributed by atoms with Crippen LogP contribution in [0.3, 0.4) is 0 Å². The van der Waals surface area contributed by atoms with Gasteiger partial charge in [-0.15, -0.1) is 0 Å². The summed E-state index contributed by atoms with van der Waals surface area (Å²) in [5.41, 5.74) is 20.4. The first-order chi connectivity index (χ1) is 32.8. The minimum atomic E-state index is -0.550. The van der Waals surface area contributed by atoms with E-state index in [4.69, 9.17) is 4.42 Å². The third-order valence-corrected chi connectivity index (χ3v) is 14.3. The summed E-state index contributed by atoms with van der Waals surface area (Å²) >= 11 is 0. The van der Waals surface area contributed by atoms with Gasteiger partial charge >= 0.3 is 0 Å². The summed E-state index contributed by atoms with van der Waals surface area (Å²) in [7, 11) is 0. The minimum Gasteiger partial charge on any atom is -0.464 e. The molecular weight excluding hydrogens is 799 g/mol. The summed E-state index contributed by atoms with van der Waals surface area (Å²) in [4.78, 5) is 2.54. The van der Waals surface area contributed by atoms with Crippen molar-refractivity contribution in [1.29, 1.82) is 0 Å². The van der Waals surface area contributed by atoms with E-state index >= 15 is 0 Å². The summed E-state index contributed by atoms with van der Waals surface area (Å²) in [5.74, 6) is 0. The molecule has 0 atom stereocenters. The normalized spacial score (nSPS) is 13.7. The molecule has 0 unspecified atom stereocenters. The number of hydrogen-bond donors (Lipinski definition) is 0. The lowest BCUT2D eigenvalue weighted by Gasteiger charge is -2.35. The Bertz CT molecular complexity index is 3310. The molecule has 0 spiro atoms. The predicted octanol–water partition coefficient (Wildman–Crippen LogP) is 16.3. The number of hydrogen-bond acceptors (Lipinski definition) is 2. The Morgan fingerprint density at radius 1 is 0.318 bits per heavy atom. The fourth-order valence-electron chi connectivity index (χ4n) is 11.7. The van der Waals surface area contributed by atoms with Crippen molar-refractivity contribution in [3.63, 3.8) is 0 Å². The van der Waals surface area contributed by atoms with Gasteiger partial charge < -0.3 is 9.32 Å². The van der Waals surface area contributed by atoms with Crippen LogP contribution in [0.15, 0.2) is 265 Å². The molecule has 2 nitrogen and oxygen atoms in total. The Morgan fingerprint density at radius 3 is 1.20 bits per heavy atom. The van der Waals surface area contributed by atoms with Crippen molar-refractivity contribution in [1.82, 2.24) is 0 Å². The molecule has 0 saturated heterocycles. The van der Waals surface area contributed by atoms with Crippen molar-refractivity contribution in [2.75, 3.05) is 4.90 Å². The van der Waals surface area contributed by atoms with E-state index in [1.807, 2.05) is 6.07 Å². The average Bonchev–Trinajstić information content (AvgIpc) is 4.09. The van der Waals surface area contributed by atoms with Crippen molar-refractivity contribution < 1.29 is 4.42 Å². The highest BCUT2D eigenvalue weighted by atomic mass is 16.3. The summed E-state index contributed by atoms with van der Waals surface area (Å²) in [6.07, 6.45) is 1.76. The van der Waals surface area contributed by atoms with Crippen LogP contribution >= 0.6 is 0 Å². The molecule has 13 rings (SSSR count). The number of rotatable bonds is 8. The van der Waals surface area contributed by atoms with Crippen LogP contribution in [0.5, 0.6) is 0 Å². The zero-order chi connectivity index (χ0) is 43.7. The van der Waals surface area contributed by atoms with Gasteiger partial charge in [-0.05, 0) is 103 Å². The van der Waals surface area contributed by atoms with E-state index in [0.29, 0.717) is 0 Å². The molecule has 2 aliphatic carbocycles. The Hall–Kier alpha value is -8.46. The highest BCUT2D eigenvalue weighted by molar-refractivity contribution is 6.02. The van der Waals surface area contributed by atoms with Crippen LogP contribution in [-0.4, -0.2) is 0 Å². The van der Waals surface area contributed by atoms with Crippen molar-refractivity contribution in [3.8, 4) is 33.4 Å². The molecule has 0 N–H and O–H groups in total. The van der Waals surface area contributed by atoms with Gasteiger partial charge in [-0.25, -0.2) is 0 Å². The van der Waals surface area contributed by atoms with Crippen LogP contribution in [0.1, 0.15) is 44.5 Å². The third-order valence-electron chi connectivity index (χ3n) is 14.3. The maximum Gasteiger partial charge on any atom is 0.134 e. The van der Waals surface area contributed by atoms with Gasteiger partial charge in [0.1, 0.15) is 5.58 Å². The van der Waals surface area contributed by atoms with Crippen molar-refractivity contribution in [2.24, 2.45) is 0 Å². The molecule has 0 saturated carbocycles. The molecule has 11 aromatic rings. The molecule has 1 heterocycles. The number of anilines is 3. The molecule has 0 bridgehead atoms. The van der Waals surface area contributed by atoms with Crippen LogP contribution in [-0.2, 0) is 10.8 Å². The lowest BCUT2D eigenvalue weighted by atomic mass is 9.67. The third kappa shape index (κ3) is 5.42. The molecule has 10 aromatic carbocycles. The Balaban J connectivity index is 1.12. The molecule has 2 aliphatic rings. The Kier molecular flexibility index (Phi) is 8.69. The summed E-state index contributed by atoms with van der Waals surface area (Å²) < 4.78 is 5.85. The second kappa shape index (κ2) is 15.1. The lowest BCUT2D eigenvalue weighted by Crippen LogP contribution is -2.28. The van der Waals surface area contributed by atoms with Crippen LogP contribution < -0.4 is 4.90 Å². The number of fused-ring (bicyclic) bond motifs is 7. The number of furan rings is 1. The van der Waals surface area contributed by atoms with Gasteiger partial charge in [0.15, 0.2) is 0 Å². The average molecular weight is 842 g/mol. The quantitative estimate of drug-likeness (QED) is 0.152. The fraction of sp³-hybridized carbons (Fsp3) is 0.0312. The number of benzene rings is 10. The van der Waals surface area contributed by atoms with Crippen LogP contribution in [0, 0.1) is 0 Å². The highest BCUT2D eigenvalue weighted by Crippen LogP contribution is 2.63. The Labute approximate surface area is 385 Å². The molecule has 0 aliphatic heterocycles. The van der Waals surface area contributed by atoms with E-state index in [1.54, 1.807) is 6.26 Å². The first-order valence-electron chi connectivity index (χ1n) is 22.8. The molecule has 0 fully saturated rings. The molecule has 1 aromatic heterocycles. The lowest BCUT2D eigenvalue weighted by molar-refractivity contribution is 0.616. The molecule has 0 amide bonds. The minimum absolute atomic E-state index is 0.550. The maximum absolute atomic E-state index is 5.85. The zero-order valence-electron chi connectivity index (χ0n) is 36.2. The van der Waals surface area contributed by atoms with Gasteiger partial charge in [0.05, 0.1) is 28.5 Å². The van der Waals surface area contributed by atoms with E-state index in [-0.39, 0.29) is 0 Å². The largest absolute Gasteiger partial charge is 0.464 e. The topological polar surface area (TPSA) is 16.4 Å². The fourth-order valence-corrected chi connectivity index (χ4v) is 11.7. The summed E-state index contributed by atoms with van der Waals surface area (Å²) in [5, 5.41) is 1.10. The standard InChI is InChI=1S/C64H43NO/c1-5-19-47(20-6-1)63(48-21-7-2-8-22-48)54-29-15-13-27-52(54)61-56(63)31-17-33-58(61)65(51-39-37-44(38-40-51)46-36-35-45-41-42-66-60(45)43-46)59-34-18-32-57-62(59)53-28-14-16-30-55(53)64(57,49-23-9-3-10-24-49)50-25-11-4-12-26-50/h1-43H. The van der Waals surface area contributed by atoms with Gasteiger partial charge in [0.25, 0.3) is 0 Å². The predicted molar refractivity (Wildman–Crippen MR) is 271 cm³/mol. The number of nitrogens with zero attached hydrogens (tertiary/aromatic N) is 1.